The lowest BCUT2D eigenvalue weighted by atomic mass is 9.69. The normalized spacial score (nSPS) is 22.5. The molecule has 0 saturated heterocycles. The summed E-state index contributed by atoms with van der Waals surface area (Å²) >= 11 is 3.38. The number of alkyl halides is 2. The van der Waals surface area contributed by atoms with Gasteiger partial charge >= 0.3 is 0 Å². The Balaban J connectivity index is 2.09. The van der Waals surface area contributed by atoms with Crippen molar-refractivity contribution in [3.63, 3.8) is 0 Å². The first-order chi connectivity index (χ1) is 9.38. The molecule has 3 nitrogen and oxygen atoms in total. The van der Waals surface area contributed by atoms with Crippen molar-refractivity contribution in [2.24, 2.45) is 0 Å². The van der Waals surface area contributed by atoms with Crippen LogP contribution in [0.25, 0.3) is 0 Å². The molecule has 0 radical (unpaired) electrons. The molecule has 108 valence electrons. The van der Waals surface area contributed by atoms with Crippen LogP contribution in [0.2, 0.25) is 0 Å². The molecule has 1 spiro atoms. The molecule has 2 aliphatic rings. The van der Waals surface area contributed by atoms with E-state index in [1.807, 2.05) is 6.07 Å². The average molecular weight is 346 g/mol. The second-order valence-electron chi connectivity index (χ2n) is 5.42. The first kappa shape index (κ1) is 13.8. The Kier molecular flexibility index (Phi) is 3.04. The molecular weight excluding hydrogens is 332 g/mol. The van der Waals surface area contributed by atoms with Crippen LogP contribution in [-0.4, -0.2) is 18.9 Å². The lowest BCUT2D eigenvalue weighted by Crippen LogP contribution is -2.41. The van der Waals surface area contributed by atoms with E-state index in [0.717, 1.165) is 10.0 Å². The van der Waals surface area contributed by atoms with Crippen LogP contribution in [0.4, 0.5) is 14.5 Å². The number of nitrogens with one attached hydrogen (secondary N) is 1. The van der Waals surface area contributed by atoms with E-state index in [2.05, 4.69) is 21.2 Å². The fourth-order valence-corrected chi connectivity index (χ4v) is 3.58. The third kappa shape index (κ3) is 1.92. The number of methoxy groups -OCH3 is 1. The summed E-state index contributed by atoms with van der Waals surface area (Å²) in [6.45, 7) is 0. The molecule has 1 saturated carbocycles. The highest BCUT2D eigenvalue weighted by molar-refractivity contribution is 9.10. The van der Waals surface area contributed by atoms with E-state index < -0.39 is 11.3 Å². The molecule has 20 heavy (non-hydrogen) atoms. The SMILES string of the molecule is COc1cc(Br)cc2c1NC(=O)C21CCC(F)(F)CC1. The number of rotatable bonds is 1. The number of ether oxygens (including phenoxy) is 1. The summed E-state index contributed by atoms with van der Waals surface area (Å²) in [4.78, 5) is 12.4. The van der Waals surface area contributed by atoms with Crippen molar-refractivity contribution in [3.05, 3.63) is 22.2 Å². The molecular formula is C14H14BrF2NO2. The minimum absolute atomic E-state index is 0.165. The maximum atomic E-state index is 13.4. The van der Waals surface area contributed by atoms with Gasteiger partial charge in [-0.15, -0.1) is 0 Å². The van der Waals surface area contributed by atoms with Gasteiger partial charge in [-0.1, -0.05) is 15.9 Å². The summed E-state index contributed by atoms with van der Waals surface area (Å²) in [7, 11) is 1.52. The Morgan fingerprint density at radius 1 is 1.25 bits per heavy atom. The maximum Gasteiger partial charge on any atom is 0.248 e. The number of hydrogen-bond donors (Lipinski definition) is 1. The van der Waals surface area contributed by atoms with Crippen LogP contribution in [0.3, 0.4) is 0 Å². The molecule has 3 rings (SSSR count). The van der Waals surface area contributed by atoms with Crippen molar-refractivity contribution in [2.75, 3.05) is 12.4 Å². The highest BCUT2D eigenvalue weighted by Crippen LogP contribution is 2.53. The van der Waals surface area contributed by atoms with Crippen molar-refractivity contribution < 1.29 is 18.3 Å². The third-order valence-electron chi connectivity index (χ3n) is 4.31. The number of benzene rings is 1. The Morgan fingerprint density at radius 2 is 1.90 bits per heavy atom. The molecule has 0 aromatic heterocycles. The Labute approximate surface area is 123 Å². The Bertz CT molecular complexity index is 579. The second kappa shape index (κ2) is 4.41. The number of hydrogen-bond acceptors (Lipinski definition) is 2. The number of anilines is 1. The zero-order valence-electron chi connectivity index (χ0n) is 10.9. The standard InChI is InChI=1S/C14H14BrF2NO2/c1-20-10-7-8(15)6-9-11(10)18-12(19)13(9)2-4-14(16,17)5-3-13/h6-7H,2-5H2,1H3,(H,18,19). The van der Waals surface area contributed by atoms with Crippen LogP contribution >= 0.6 is 15.9 Å². The minimum Gasteiger partial charge on any atom is -0.495 e. The smallest absolute Gasteiger partial charge is 0.248 e. The molecule has 0 atom stereocenters. The number of carbonyl (C=O) groups excluding carboxylic acids is 1. The van der Waals surface area contributed by atoms with E-state index in [4.69, 9.17) is 4.74 Å². The van der Waals surface area contributed by atoms with Crippen LogP contribution in [0.1, 0.15) is 31.2 Å². The zero-order chi connectivity index (χ0) is 14.5. The van der Waals surface area contributed by atoms with Gasteiger partial charge in [-0.05, 0) is 30.5 Å². The zero-order valence-corrected chi connectivity index (χ0v) is 12.5. The molecule has 1 aliphatic carbocycles. The number of carbonyl (C=O) groups is 1. The fourth-order valence-electron chi connectivity index (χ4n) is 3.14. The van der Waals surface area contributed by atoms with E-state index in [1.165, 1.54) is 7.11 Å². The summed E-state index contributed by atoms with van der Waals surface area (Å²) < 4.78 is 32.9. The molecule has 1 aromatic rings. The highest BCUT2D eigenvalue weighted by atomic mass is 79.9. The van der Waals surface area contributed by atoms with Crippen LogP contribution < -0.4 is 10.1 Å². The van der Waals surface area contributed by atoms with Gasteiger partial charge in [0.1, 0.15) is 5.75 Å². The highest BCUT2D eigenvalue weighted by Gasteiger charge is 2.53. The van der Waals surface area contributed by atoms with E-state index in [1.54, 1.807) is 6.07 Å². The Morgan fingerprint density at radius 3 is 2.50 bits per heavy atom. The molecule has 1 heterocycles. The van der Waals surface area contributed by atoms with Gasteiger partial charge in [0.15, 0.2) is 0 Å². The van der Waals surface area contributed by atoms with Crippen molar-refractivity contribution in [3.8, 4) is 5.75 Å². The summed E-state index contributed by atoms with van der Waals surface area (Å²) in [5, 5.41) is 2.80. The average Bonchev–Trinajstić information content (AvgIpc) is 2.66. The molecule has 1 aliphatic heterocycles. The van der Waals surface area contributed by atoms with E-state index >= 15 is 0 Å². The predicted molar refractivity (Wildman–Crippen MR) is 74.4 cm³/mol. The van der Waals surface area contributed by atoms with Crippen molar-refractivity contribution in [2.45, 2.75) is 37.0 Å². The van der Waals surface area contributed by atoms with Crippen molar-refractivity contribution >= 4 is 27.5 Å². The van der Waals surface area contributed by atoms with E-state index in [9.17, 15) is 13.6 Å². The number of fused-ring (bicyclic) bond motifs is 2. The molecule has 6 heteroatoms. The molecule has 1 fully saturated rings. The quantitative estimate of drug-likeness (QED) is 0.839. The van der Waals surface area contributed by atoms with E-state index in [-0.39, 0.29) is 31.6 Å². The number of halogens is 3. The van der Waals surface area contributed by atoms with E-state index in [0.29, 0.717) is 11.4 Å². The van der Waals surface area contributed by atoms with Crippen molar-refractivity contribution in [1.82, 2.24) is 0 Å². The van der Waals surface area contributed by atoms with Gasteiger partial charge in [0, 0.05) is 17.3 Å². The predicted octanol–water partition coefficient (Wildman–Crippen LogP) is 3.86. The third-order valence-corrected chi connectivity index (χ3v) is 4.77. The lowest BCUT2D eigenvalue weighted by molar-refractivity contribution is -0.125. The maximum absolute atomic E-state index is 13.4. The lowest BCUT2D eigenvalue weighted by Gasteiger charge is -2.35. The number of amides is 1. The fraction of sp³-hybridized carbons (Fsp3) is 0.500. The van der Waals surface area contributed by atoms with Gasteiger partial charge in [-0.3, -0.25) is 4.79 Å². The van der Waals surface area contributed by atoms with Crippen LogP contribution in [-0.2, 0) is 10.2 Å². The van der Waals surface area contributed by atoms with Gasteiger partial charge in [0.2, 0.25) is 11.8 Å². The summed E-state index contributed by atoms with van der Waals surface area (Å²) in [5.41, 5.74) is 0.545. The first-order valence-corrected chi connectivity index (χ1v) is 7.25. The molecule has 0 unspecified atom stereocenters. The van der Waals surface area contributed by atoms with Crippen LogP contribution in [0, 0.1) is 0 Å². The molecule has 1 N–H and O–H groups in total. The molecule has 1 aromatic carbocycles. The first-order valence-electron chi connectivity index (χ1n) is 6.45. The summed E-state index contributed by atoms with van der Waals surface area (Å²) in [6.07, 6.45) is -0.180. The largest absolute Gasteiger partial charge is 0.495 e. The van der Waals surface area contributed by atoms with Crippen LogP contribution in [0.15, 0.2) is 16.6 Å². The van der Waals surface area contributed by atoms with Gasteiger partial charge in [-0.25, -0.2) is 8.78 Å². The van der Waals surface area contributed by atoms with Crippen molar-refractivity contribution in [1.29, 1.82) is 0 Å². The minimum atomic E-state index is -2.66. The molecule has 0 bridgehead atoms. The van der Waals surface area contributed by atoms with Gasteiger partial charge in [0.05, 0.1) is 18.2 Å². The topological polar surface area (TPSA) is 38.3 Å². The van der Waals surface area contributed by atoms with Gasteiger partial charge in [0.25, 0.3) is 0 Å². The van der Waals surface area contributed by atoms with Crippen LogP contribution in [0.5, 0.6) is 5.75 Å². The Hall–Kier alpha value is -1.17. The van der Waals surface area contributed by atoms with Gasteiger partial charge < -0.3 is 10.1 Å². The second-order valence-corrected chi connectivity index (χ2v) is 6.34. The molecule has 1 amide bonds. The summed E-state index contributed by atoms with van der Waals surface area (Å²) in [5.74, 6) is -2.30. The monoisotopic (exact) mass is 345 g/mol. The van der Waals surface area contributed by atoms with Gasteiger partial charge in [-0.2, -0.15) is 0 Å². The summed E-state index contributed by atoms with van der Waals surface area (Å²) in [6, 6.07) is 3.59.